The first kappa shape index (κ1) is 21.7. The number of nitrogens with one attached hydrogen (secondary N) is 1. The number of piperidine rings is 1. The molecule has 1 aliphatic rings. The molecular formula is C24H30N4O2S. The zero-order valence-corrected chi connectivity index (χ0v) is 19.2. The zero-order chi connectivity index (χ0) is 21.8. The third kappa shape index (κ3) is 5.22. The summed E-state index contributed by atoms with van der Waals surface area (Å²) in [6, 6.07) is 12.3. The molecule has 1 N–H and O–H groups in total. The topological polar surface area (TPSA) is 71.3 Å². The summed E-state index contributed by atoms with van der Waals surface area (Å²) in [4.78, 5) is 20.8. The van der Waals surface area contributed by atoms with E-state index in [0.717, 1.165) is 30.8 Å². The summed E-state index contributed by atoms with van der Waals surface area (Å²) in [6.07, 6.45) is 1.69. The average molecular weight is 439 g/mol. The predicted octanol–water partition coefficient (Wildman–Crippen LogP) is 4.83. The molecule has 1 saturated heterocycles. The number of amides is 1. The van der Waals surface area contributed by atoms with Crippen molar-refractivity contribution in [1.82, 2.24) is 20.4 Å². The smallest absolute Gasteiger partial charge is 0.241 e. The van der Waals surface area contributed by atoms with Crippen LogP contribution in [0.4, 0.5) is 0 Å². The van der Waals surface area contributed by atoms with Crippen molar-refractivity contribution in [2.75, 3.05) is 13.1 Å². The summed E-state index contributed by atoms with van der Waals surface area (Å²) in [7, 11) is 0. The fourth-order valence-electron chi connectivity index (χ4n) is 4.18. The number of benzene rings is 1. The average Bonchev–Trinajstić information content (AvgIpc) is 3.45. The molecule has 0 saturated carbocycles. The van der Waals surface area contributed by atoms with E-state index >= 15 is 0 Å². The number of carbonyl (C=O) groups excluding carboxylic acids is 1. The molecule has 1 aromatic carbocycles. The van der Waals surface area contributed by atoms with E-state index in [2.05, 4.69) is 53.3 Å². The zero-order valence-electron chi connectivity index (χ0n) is 18.4. The standard InChI is InChI=1S/C24H30N4O2S/c1-16(2)22(19-8-5-4-7-17(19)3)26-24(29)18-10-12-28(13-11-18)15-21-25-23(27-30-21)20-9-6-14-31-20/h4-9,14,16,18,22H,10-13,15H2,1-3H3,(H,26,29). The lowest BCUT2D eigenvalue weighted by molar-refractivity contribution is -0.127. The van der Waals surface area contributed by atoms with Crippen molar-refractivity contribution < 1.29 is 9.32 Å². The molecule has 0 radical (unpaired) electrons. The van der Waals surface area contributed by atoms with Gasteiger partial charge in [-0.3, -0.25) is 9.69 Å². The van der Waals surface area contributed by atoms with Crippen LogP contribution in [0.2, 0.25) is 0 Å². The molecule has 3 heterocycles. The van der Waals surface area contributed by atoms with E-state index in [9.17, 15) is 4.79 Å². The van der Waals surface area contributed by atoms with Crippen LogP contribution in [0, 0.1) is 18.8 Å². The van der Waals surface area contributed by atoms with Gasteiger partial charge in [0, 0.05) is 5.92 Å². The summed E-state index contributed by atoms with van der Waals surface area (Å²) >= 11 is 1.60. The Balaban J connectivity index is 1.31. The number of likely N-dealkylation sites (tertiary alicyclic amines) is 1. The van der Waals surface area contributed by atoms with Gasteiger partial charge in [0.25, 0.3) is 0 Å². The molecule has 6 nitrogen and oxygen atoms in total. The molecular weight excluding hydrogens is 408 g/mol. The van der Waals surface area contributed by atoms with Crippen LogP contribution in [0.25, 0.3) is 10.7 Å². The number of thiophene rings is 1. The van der Waals surface area contributed by atoms with E-state index in [0.29, 0.717) is 24.2 Å². The van der Waals surface area contributed by atoms with Crippen molar-refractivity contribution in [3.8, 4) is 10.7 Å². The molecule has 1 amide bonds. The van der Waals surface area contributed by atoms with Gasteiger partial charge in [-0.2, -0.15) is 4.98 Å². The van der Waals surface area contributed by atoms with Crippen molar-refractivity contribution in [3.05, 3.63) is 58.8 Å². The van der Waals surface area contributed by atoms with Crippen molar-refractivity contribution in [3.63, 3.8) is 0 Å². The van der Waals surface area contributed by atoms with E-state index in [1.165, 1.54) is 11.1 Å². The molecule has 2 aromatic heterocycles. The van der Waals surface area contributed by atoms with Gasteiger partial charge in [-0.1, -0.05) is 49.3 Å². The number of hydrogen-bond acceptors (Lipinski definition) is 6. The van der Waals surface area contributed by atoms with Crippen LogP contribution in [0.3, 0.4) is 0 Å². The third-order valence-corrected chi connectivity index (χ3v) is 6.88. The van der Waals surface area contributed by atoms with E-state index < -0.39 is 0 Å². The molecule has 0 bridgehead atoms. The Hall–Kier alpha value is -2.51. The molecule has 1 aliphatic heterocycles. The second kappa shape index (κ2) is 9.75. The van der Waals surface area contributed by atoms with Gasteiger partial charge in [0.15, 0.2) is 0 Å². The second-order valence-electron chi connectivity index (χ2n) is 8.63. The minimum absolute atomic E-state index is 0.0424. The van der Waals surface area contributed by atoms with Crippen LogP contribution in [0.15, 0.2) is 46.3 Å². The molecule has 164 valence electrons. The van der Waals surface area contributed by atoms with Gasteiger partial charge in [0.1, 0.15) is 0 Å². The van der Waals surface area contributed by atoms with Gasteiger partial charge in [0.05, 0.1) is 17.5 Å². The summed E-state index contributed by atoms with van der Waals surface area (Å²) in [5.41, 5.74) is 2.43. The molecule has 0 aliphatic carbocycles. The van der Waals surface area contributed by atoms with E-state index in [-0.39, 0.29) is 17.9 Å². The van der Waals surface area contributed by atoms with Crippen LogP contribution in [0.5, 0.6) is 0 Å². The Kier molecular flexibility index (Phi) is 6.83. The number of aryl methyl sites for hydroxylation is 1. The lowest BCUT2D eigenvalue weighted by Gasteiger charge is -2.32. The number of rotatable bonds is 7. The maximum absolute atomic E-state index is 13.0. The quantitative estimate of drug-likeness (QED) is 0.572. The maximum Gasteiger partial charge on any atom is 0.241 e. The Labute approximate surface area is 187 Å². The van der Waals surface area contributed by atoms with E-state index in [1.54, 1.807) is 11.3 Å². The fourth-order valence-corrected chi connectivity index (χ4v) is 4.83. The highest BCUT2D eigenvalue weighted by molar-refractivity contribution is 7.13. The molecule has 3 aromatic rings. The molecule has 1 atom stereocenters. The molecule has 4 rings (SSSR count). The molecule has 7 heteroatoms. The first-order valence-electron chi connectivity index (χ1n) is 11.0. The Morgan fingerprint density at radius 2 is 2.00 bits per heavy atom. The monoisotopic (exact) mass is 438 g/mol. The lowest BCUT2D eigenvalue weighted by atomic mass is 9.90. The predicted molar refractivity (Wildman–Crippen MR) is 123 cm³/mol. The second-order valence-corrected chi connectivity index (χ2v) is 9.57. The van der Waals surface area contributed by atoms with Gasteiger partial charge in [-0.15, -0.1) is 11.3 Å². The molecule has 1 fully saturated rings. The van der Waals surface area contributed by atoms with Crippen LogP contribution in [-0.2, 0) is 11.3 Å². The molecule has 1 unspecified atom stereocenters. The Bertz CT molecular complexity index is 991. The van der Waals surface area contributed by atoms with Gasteiger partial charge in [-0.05, 0) is 61.3 Å². The normalized spacial score (nSPS) is 16.5. The summed E-state index contributed by atoms with van der Waals surface area (Å²) in [5.74, 6) is 1.83. The van der Waals surface area contributed by atoms with Crippen LogP contribution >= 0.6 is 11.3 Å². The minimum Gasteiger partial charge on any atom is -0.349 e. The van der Waals surface area contributed by atoms with Gasteiger partial charge in [-0.25, -0.2) is 0 Å². The highest BCUT2D eigenvalue weighted by atomic mass is 32.1. The van der Waals surface area contributed by atoms with E-state index in [1.807, 2.05) is 29.6 Å². The first-order chi connectivity index (χ1) is 15.0. The number of hydrogen-bond donors (Lipinski definition) is 1. The molecule has 0 spiro atoms. The summed E-state index contributed by atoms with van der Waals surface area (Å²) in [6.45, 7) is 8.77. The first-order valence-corrected chi connectivity index (χ1v) is 11.8. The minimum atomic E-state index is 0.0424. The Morgan fingerprint density at radius 3 is 2.68 bits per heavy atom. The highest BCUT2D eigenvalue weighted by Crippen LogP contribution is 2.27. The SMILES string of the molecule is Cc1ccccc1C(NC(=O)C1CCN(Cc2nc(-c3cccs3)no2)CC1)C(C)C. The summed E-state index contributed by atoms with van der Waals surface area (Å²) < 4.78 is 5.43. The maximum atomic E-state index is 13.0. The van der Waals surface area contributed by atoms with Crippen LogP contribution in [-0.4, -0.2) is 34.0 Å². The summed E-state index contributed by atoms with van der Waals surface area (Å²) in [5, 5.41) is 9.42. The van der Waals surface area contributed by atoms with Crippen molar-refractivity contribution in [2.45, 2.75) is 46.2 Å². The number of nitrogens with zero attached hydrogens (tertiary/aromatic N) is 3. The van der Waals surface area contributed by atoms with Gasteiger partial charge >= 0.3 is 0 Å². The third-order valence-electron chi connectivity index (χ3n) is 6.01. The van der Waals surface area contributed by atoms with Crippen LogP contribution < -0.4 is 5.32 Å². The van der Waals surface area contributed by atoms with Gasteiger partial charge < -0.3 is 9.84 Å². The van der Waals surface area contributed by atoms with E-state index in [4.69, 9.17) is 4.52 Å². The lowest BCUT2D eigenvalue weighted by Crippen LogP contribution is -2.42. The largest absolute Gasteiger partial charge is 0.349 e. The van der Waals surface area contributed by atoms with Gasteiger partial charge in [0.2, 0.25) is 17.6 Å². The Morgan fingerprint density at radius 1 is 1.23 bits per heavy atom. The number of aromatic nitrogens is 2. The number of carbonyl (C=O) groups is 1. The van der Waals surface area contributed by atoms with Crippen LogP contribution in [0.1, 0.15) is 49.7 Å². The molecule has 31 heavy (non-hydrogen) atoms. The van der Waals surface area contributed by atoms with Crippen molar-refractivity contribution in [2.24, 2.45) is 11.8 Å². The van der Waals surface area contributed by atoms with Crippen molar-refractivity contribution in [1.29, 1.82) is 0 Å². The fraction of sp³-hybridized carbons (Fsp3) is 0.458. The van der Waals surface area contributed by atoms with Crippen molar-refractivity contribution >= 4 is 17.2 Å². The highest BCUT2D eigenvalue weighted by Gasteiger charge is 2.29.